The molecule has 0 aromatic rings. The predicted octanol–water partition coefficient (Wildman–Crippen LogP) is 20.4. The molecule has 0 amide bonds. The number of rotatable bonds is 56. The average Bonchev–Trinajstić information content (AvgIpc) is 3.31. The van der Waals surface area contributed by atoms with Crippen molar-refractivity contribution >= 4 is 17.9 Å². The molecule has 404 valence electrons. The summed E-state index contributed by atoms with van der Waals surface area (Å²) in [5.74, 6) is 0.851. The summed E-state index contributed by atoms with van der Waals surface area (Å²) < 4.78 is 16.9. The third-order valence-corrected chi connectivity index (χ3v) is 14.2. The van der Waals surface area contributed by atoms with Gasteiger partial charge in [-0.15, -0.1) is 0 Å². The lowest BCUT2D eigenvalue weighted by Crippen LogP contribution is -2.30. The van der Waals surface area contributed by atoms with Gasteiger partial charge in [0.1, 0.15) is 13.2 Å². The van der Waals surface area contributed by atoms with Gasteiger partial charge in [-0.25, -0.2) is 0 Å². The molecule has 0 aromatic heterocycles. The van der Waals surface area contributed by atoms with Gasteiger partial charge in [-0.2, -0.15) is 0 Å². The van der Waals surface area contributed by atoms with Crippen molar-refractivity contribution in [2.75, 3.05) is 13.2 Å². The van der Waals surface area contributed by atoms with Crippen molar-refractivity contribution in [3.63, 3.8) is 0 Å². The summed E-state index contributed by atoms with van der Waals surface area (Å²) in [6.07, 6.45) is 59.5. The van der Waals surface area contributed by atoms with Crippen LogP contribution in [0.25, 0.3) is 0 Å². The highest BCUT2D eigenvalue weighted by atomic mass is 16.6. The third-order valence-electron chi connectivity index (χ3n) is 14.2. The predicted molar refractivity (Wildman–Crippen MR) is 293 cm³/mol. The Bertz CT molecular complexity index is 1040. The first kappa shape index (κ1) is 66.4. The number of hydrogen-bond acceptors (Lipinski definition) is 6. The van der Waals surface area contributed by atoms with Gasteiger partial charge >= 0.3 is 17.9 Å². The van der Waals surface area contributed by atoms with Crippen molar-refractivity contribution in [3.05, 3.63) is 0 Å². The molecule has 0 saturated carbocycles. The van der Waals surface area contributed by atoms with E-state index in [9.17, 15) is 14.4 Å². The molecule has 0 heterocycles. The molecule has 6 nitrogen and oxygen atoms in total. The number of esters is 3. The number of hydrogen-bond donors (Lipinski definition) is 0. The van der Waals surface area contributed by atoms with Crippen LogP contribution in [-0.4, -0.2) is 37.2 Å². The maximum atomic E-state index is 12.9. The minimum Gasteiger partial charge on any atom is -0.462 e. The van der Waals surface area contributed by atoms with E-state index in [1.54, 1.807) is 0 Å². The fraction of sp³-hybridized carbons (Fsp3) is 0.952. The normalized spacial score (nSPS) is 12.0. The molecule has 0 bridgehead atoms. The van der Waals surface area contributed by atoms with E-state index in [1.807, 2.05) is 0 Å². The summed E-state index contributed by atoms with van der Waals surface area (Å²) in [6.45, 7) is 11.4. The number of unbranched alkanes of at least 4 members (excludes halogenated alkanes) is 41. The van der Waals surface area contributed by atoms with E-state index >= 15 is 0 Å². The molecule has 68 heavy (non-hydrogen) atoms. The fourth-order valence-electron chi connectivity index (χ4n) is 9.58. The monoisotopic (exact) mass is 961 g/mol. The average molecular weight is 962 g/mol. The van der Waals surface area contributed by atoms with Gasteiger partial charge in [0.2, 0.25) is 0 Å². The van der Waals surface area contributed by atoms with E-state index in [-0.39, 0.29) is 31.1 Å². The molecule has 0 spiro atoms. The van der Waals surface area contributed by atoms with Crippen LogP contribution in [-0.2, 0) is 28.6 Å². The first-order valence-corrected chi connectivity index (χ1v) is 30.7. The lowest BCUT2D eigenvalue weighted by atomic mass is 10.0. The minimum absolute atomic E-state index is 0.0622. The molecule has 1 atom stereocenters. The Balaban J connectivity index is 4.30. The van der Waals surface area contributed by atoms with Crippen LogP contribution in [0.3, 0.4) is 0 Å². The van der Waals surface area contributed by atoms with Crippen LogP contribution >= 0.6 is 0 Å². The van der Waals surface area contributed by atoms with Crippen LogP contribution in [0.15, 0.2) is 0 Å². The quantitative estimate of drug-likeness (QED) is 0.0343. The maximum absolute atomic E-state index is 12.9. The van der Waals surface area contributed by atoms with E-state index in [4.69, 9.17) is 14.2 Å². The van der Waals surface area contributed by atoms with Gasteiger partial charge in [0.15, 0.2) is 6.10 Å². The Morgan fingerprint density at radius 2 is 0.485 bits per heavy atom. The van der Waals surface area contributed by atoms with Crippen LogP contribution < -0.4 is 0 Å². The highest BCUT2D eigenvalue weighted by molar-refractivity contribution is 5.71. The zero-order valence-corrected chi connectivity index (χ0v) is 46.7. The first-order chi connectivity index (χ1) is 33.2. The van der Waals surface area contributed by atoms with Crippen molar-refractivity contribution in [1.29, 1.82) is 0 Å². The standard InChI is InChI=1S/C62H120O6/c1-6-7-8-9-10-11-12-13-14-15-16-23-29-34-39-44-49-54-62(65)68-59(56-67-61(64)53-48-43-38-33-28-24-19-21-26-31-36-41-46-51-58(4)5)55-66-60(63)52-47-42-37-32-27-22-18-17-20-25-30-35-40-45-50-57(2)3/h57-59H,6-56H2,1-5H3/t59-/m1/s1. The smallest absolute Gasteiger partial charge is 0.306 e. The molecule has 0 rings (SSSR count). The molecule has 0 N–H and O–H groups in total. The third kappa shape index (κ3) is 55.3. The Morgan fingerprint density at radius 3 is 0.721 bits per heavy atom. The molecule has 0 radical (unpaired) electrons. The second-order valence-corrected chi connectivity index (χ2v) is 22.3. The van der Waals surface area contributed by atoms with Crippen molar-refractivity contribution in [3.8, 4) is 0 Å². The zero-order chi connectivity index (χ0) is 49.6. The van der Waals surface area contributed by atoms with Gasteiger partial charge in [0.25, 0.3) is 0 Å². The van der Waals surface area contributed by atoms with E-state index in [0.29, 0.717) is 19.3 Å². The van der Waals surface area contributed by atoms with Crippen molar-refractivity contribution in [2.24, 2.45) is 11.8 Å². The number of carbonyl (C=O) groups excluding carboxylic acids is 3. The maximum Gasteiger partial charge on any atom is 0.306 e. The van der Waals surface area contributed by atoms with Crippen LogP contribution in [0.1, 0.15) is 349 Å². The SMILES string of the molecule is CCCCCCCCCCCCCCCCCCCC(=O)O[C@H](COC(=O)CCCCCCCCCCCCCCCCC(C)C)COC(=O)CCCCCCCCCCCCCCCC(C)C. The summed E-state index contributed by atoms with van der Waals surface area (Å²) in [5.41, 5.74) is 0. The molecular formula is C62H120O6. The number of ether oxygens (including phenoxy) is 3. The van der Waals surface area contributed by atoms with Gasteiger partial charge in [-0.05, 0) is 31.1 Å². The lowest BCUT2D eigenvalue weighted by Gasteiger charge is -2.18. The van der Waals surface area contributed by atoms with E-state index in [1.165, 1.54) is 238 Å². The molecule has 0 unspecified atom stereocenters. The topological polar surface area (TPSA) is 78.9 Å². The second kappa shape index (κ2) is 54.7. The first-order valence-electron chi connectivity index (χ1n) is 30.7. The van der Waals surface area contributed by atoms with Crippen LogP contribution in [0, 0.1) is 11.8 Å². The van der Waals surface area contributed by atoms with Gasteiger partial charge in [-0.1, -0.05) is 311 Å². The Labute approximate surface area is 425 Å². The zero-order valence-electron chi connectivity index (χ0n) is 46.7. The Morgan fingerprint density at radius 1 is 0.279 bits per heavy atom. The van der Waals surface area contributed by atoms with Gasteiger partial charge in [-0.3, -0.25) is 14.4 Å². The van der Waals surface area contributed by atoms with Crippen molar-refractivity contribution in [2.45, 2.75) is 355 Å². The molecule has 0 fully saturated rings. The molecule has 0 aliphatic carbocycles. The summed E-state index contributed by atoms with van der Waals surface area (Å²) in [6, 6.07) is 0. The molecule has 6 heteroatoms. The second-order valence-electron chi connectivity index (χ2n) is 22.3. The van der Waals surface area contributed by atoms with E-state index in [2.05, 4.69) is 34.6 Å². The summed E-state index contributed by atoms with van der Waals surface area (Å²) in [5, 5.41) is 0. The minimum atomic E-state index is -0.763. The Hall–Kier alpha value is -1.59. The van der Waals surface area contributed by atoms with Gasteiger partial charge in [0.05, 0.1) is 0 Å². The highest BCUT2D eigenvalue weighted by Gasteiger charge is 2.19. The van der Waals surface area contributed by atoms with Crippen molar-refractivity contribution < 1.29 is 28.6 Å². The van der Waals surface area contributed by atoms with Gasteiger partial charge < -0.3 is 14.2 Å². The lowest BCUT2D eigenvalue weighted by molar-refractivity contribution is -0.167. The van der Waals surface area contributed by atoms with E-state index < -0.39 is 6.10 Å². The van der Waals surface area contributed by atoms with E-state index in [0.717, 1.165) is 69.6 Å². The fourth-order valence-corrected chi connectivity index (χ4v) is 9.58. The molecular weight excluding hydrogens is 841 g/mol. The summed E-state index contributed by atoms with van der Waals surface area (Å²) in [7, 11) is 0. The summed E-state index contributed by atoms with van der Waals surface area (Å²) in [4.78, 5) is 38.2. The molecule has 0 aliphatic heterocycles. The largest absolute Gasteiger partial charge is 0.462 e. The number of carbonyl (C=O) groups is 3. The van der Waals surface area contributed by atoms with Crippen LogP contribution in [0.5, 0.6) is 0 Å². The molecule has 0 aromatic carbocycles. The molecule has 0 saturated heterocycles. The van der Waals surface area contributed by atoms with Crippen molar-refractivity contribution in [1.82, 2.24) is 0 Å². The highest BCUT2D eigenvalue weighted by Crippen LogP contribution is 2.19. The van der Waals surface area contributed by atoms with Crippen LogP contribution in [0.2, 0.25) is 0 Å². The summed E-state index contributed by atoms with van der Waals surface area (Å²) >= 11 is 0. The Kier molecular flexibility index (Phi) is 53.5. The van der Waals surface area contributed by atoms with Gasteiger partial charge in [0, 0.05) is 19.3 Å². The molecule has 0 aliphatic rings. The van der Waals surface area contributed by atoms with Crippen LogP contribution in [0.4, 0.5) is 0 Å².